The number of rotatable bonds is 14. The van der Waals surface area contributed by atoms with Crippen LogP contribution in [-0.2, 0) is 25.7 Å². The predicted molar refractivity (Wildman–Crippen MR) is 302 cm³/mol. The molecule has 11 rings (SSSR count). The molecule has 0 unspecified atom stereocenters. The monoisotopic (exact) mass is 947 g/mol. The van der Waals surface area contributed by atoms with Crippen molar-refractivity contribution in [2.45, 2.75) is 25.7 Å². The smallest absolute Gasteiger partial charge is 0.187 e. The lowest BCUT2D eigenvalue weighted by Gasteiger charge is -2.18. The van der Waals surface area contributed by atoms with Crippen LogP contribution in [0.4, 0.5) is 5.69 Å². The van der Waals surface area contributed by atoms with E-state index in [1.807, 2.05) is 60.9 Å². The van der Waals surface area contributed by atoms with Crippen LogP contribution in [0, 0.1) is 17.9 Å². The second-order valence-corrected chi connectivity index (χ2v) is 18.5. The predicted octanol–water partition coefficient (Wildman–Crippen LogP) is 17.2. The fraction of sp³-hybridized carbons (Fsp3) is 0.0580. The van der Waals surface area contributed by atoms with Crippen LogP contribution >= 0.6 is 0 Å². The summed E-state index contributed by atoms with van der Waals surface area (Å²) >= 11 is 0. The molecule has 74 heavy (non-hydrogen) atoms. The van der Waals surface area contributed by atoms with Gasteiger partial charge in [-0.25, -0.2) is 4.85 Å². The quantitative estimate of drug-likeness (QED) is 0.102. The van der Waals surface area contributed by atoms with E-state index < -0.39 is 0 Å². The Morgan fingerprint density at radius 3 is 1.45 bits per heavy atom. The molecular weight excluding hydrogens is 899 g/mol. The molecule has 0 amide bonds. The van der Waals surface area contributed by atoms with Gasteiger partial charge in [0.1, 0.15) is 0 Å². The summed E-state index contributed by atoms with van der Waals surface area (Å²) in [6, 6.07) is 82.6. The maximum atomic E-state index is 9.48. The molecule has 0 saturated carbocycles. The molecule has 5 nitrogen and oxygen atoms in total. The van der Waals surface area contributed by atoms with Gasteiger partial charge in [-0.05, 0) is 146 Å². The van der Waals surface area contributed by atoms with Crippen LogP contribution in [0.2, 0.25) is 0 Å². The Labute approximate surface area is 433 Å². The number of benzene rings is 8. The first kappa shape index (κ1) is 46.6. The highest BCUT2D eigenvalue weighted by Crippen LogP contribution is 2.41. The summed E-state index contributed by atoms with van der Waals surface area (Å²) in [7, 11) is 0. The maximum Gasteiger partial charge on any atom is 0.187 e. The van der Waals surface area contributed by atoms with E-state index in [0.717, 1.165) is 110 Å². The molecule has 3 aromatic heterocycles. The number of nitriles is 1. The van der Waals surface area contributed by atoms with Crippen molar-refractivity contribution in [3.05, 3.63) is 288 Å². The fourth-order valence-electron chi connectivity index (χ4n) is 9.75. The summed E-state index contributed by atoms with van der Waals surface area (Å²) in [5.74, 6) is 0. The zero-order valence-corrected chi connectivity index (χ0v) is 40.7. The fourth-order valence-corrected chi connectivity index (χ4v) is 9.75. The molecule has 0 atom stereocenters. The number of aryl methyl sites for hydroxylation is 4. The van der Waals surface area contributed by atoms with Gasteiger partial charge in [0.15, 0.2) is 5.69 Å². The summed E-state index contributed by atoms with van der Waals surface area (Å²) in [5, 5.41) is 9.48. The van der Waals surface area contributed by atoms with Crippen molar-refractivity contribution >= 4 is 5.69 Å². The van der Waals surface area contributed by atoms with Gasteiger partial charge in [-0.15, -0.1) is 0 Å². The molecule has 11 aromatic rings. The summed E-state index contributed by atoms with van der Waals surface area (Å²) in [6.45, 7) is 7.47. The van der Waals surface area contributed by atoms with Crippen molar-refractivity contribution in [1.82, 2.24) is 15.0 Å². The first-order valence-corrected chi connectivity index (χ1v) is 25.0. The molecule has 0 aliphatic heterocycles. The molecular formula is C69H49N5. The third-order valence-electron chi connectivity index (χ3n) is 13.7. The number of hydrogen-bond donors (Lipinski definition) is 0. The summed E-state index contributed by atoms with van der Waals surface area (Å²) < 4.78 is 0. The van der Waals surface area contributed by atoms with Crippen molar-refractivity contribution in [2.24, 2.45) is 0 Å². The third kappa shape index (κ3) is 10.6. The first-order chi connectivity index (χ1) is 36.5. The summed E-state index contributed by atoms with van der Waals surface area (Å²) in [4.78, 5) is 18.5. The van der Waals surface area contributed by atoms with E-state index in [2.05, 4.69) is 199 Å². The lowest BCUT2D eigenvalue weighted by Crippen LogP contribution is -1.99. The largest absolute Gasteiger partial charge is 0.256 e. The van der Waals surface area contributed by atoms with Gasteiger partial charge in [0.25, 0.3) is 0 Å². The Bertz CT molecular complexity index is 3710. The molecule has 0 N–H and O–H groups in total. The molecule has 350 valence electrons. The Balaban J connectivity index is 0.962. The standard InChI is InChI=1S/C69H49N5/c1-71-62-22-12-21-60(42-62)68-36-30-49(46-73-68)26-28-51-37-50(27-25-48-29-35-67(72-45-48)58-19-10-13-52(40-58)44-70)38-61(39-51)63-23-8-9-24-64(63)66-47-74-69(59-20-11-18-57(41-59)54-16-6-3-7-17-54)43-65(66)56-33-31-55(32-34-56)53-14-4-2-5-15-53/h2-24,29-43,45-47H,25-28H2. The Kier molecular flexibility index (Phi) is 13.6. The van der Waals surface area contributed by atoms with Crippen molar-refractivity contribution < 1.29 is 0 Å². The van der Waals surface area contributed by atoms with E-state index in [1.165, 1.54) is 27.8 Å². The van der Waals surface area contributed by atoms with Crippen LogP contribution in [0.1, 0.15) is 27.8 Å². The van der Waals surface area contributed by atoms with Gasteiger partial charge in [-0.2, -0.15) is 5.26 Å². The van der Waals surface area contributed by atoms with E-state index in [9.17, 15) is 5.26 Å². The minimum absolute atomic E-state index is 0.605. The van der Waals surface area contributed by atoms with Crippen molar-refractivity contribution in [3.63, 3.8) is 0 Å². The van der Waals surface area contributed by atoms with Crippen LogP contribution < -0.4 is 0 Å². The van der Waals surface area contributed by atoms with Gasteiger partial charge in [-0.1, -0.05) is 188 Å². The topological polar surface area (TPSA) is 66.8 Å². The lowest BCUT2D eigenvalue weighted by atomic mass is 9.87. The second kappa shape index (κ2) is 21.7. The number of pyridine rings is 3. The van der Waals surface area contributed by atoms with Crippen LogP contribution in [-0.4, -0.2) is 15.0 Å². The third-order valence-corrected chi connectivity index (χ3v) is 13.7. The van der Waals surface area contributed by atoms with Crippen LogP contribution in [0.15, 0.2) is 249 Å². The highest BCUT2D eigenvalue weighted by Gasteiger charge is 2.17. The minimum Gasteiger partial charge on any atom is -0.256 e. The zero-order chi connectivity index (χ0) is 50.1. The van der Waals surface area contributed by atoms with Gasteiger partial charge in [0.05, 0.1) is 35.3 Å². The SMILES string of the molecule is [C-]#[N+]c1cccc(-c2ccc(CCc3cc(CCc4ccc(-c5cccc(C#N)c5)nc4)cc(-c4ccccc4-c4cnc(-c5cccc(-c6ccccc6)c5)cc4-c4ccc(-c5ccccc5)cc4)c3)cn2)c1. The summed E-state index contributed by atoms with van der Waals surface area (Å²) in [5.41, 5.74) is 22.9. The average Bonchev–Trinajstić information content (AvgIpc) is 3.49. The molecule has 0 aliphatic carbocycles. The highest BCUT2D eigenvalue weighted by molar-refractivity contribution is 5.93. The molecule has 0 fully saturated rings. The van der Waals surface area contributed by atoms with E-state index in [-0.39, 0.29) is 0 Å². The Morgan fingerprint density at radius 1 is 0.324 bits per heavy atom. The molecule has 0 spiro atoms. The minimum atomic E-state index is 0.605. The van der Waals surface area contributed by atoms with Gasteiger partial charge in [-0.3, -0.25) is 15.0 Å². The van der Waals surface area contributed by atoms with E-state index in [0.29, 0.717) is 11.3 Å². The number of aromatic nitrogens is 3. The van der Waals surface area contributed by atoms with Crippen LogP contribution in [0.5, 0.6) is 0 Å². The molecule has 3 heterocycles. The molecule has 0 saturated heterocycles. The number of hydrogen-bond acceptors (Lipinski definition) is 4. The van der Waals surface area contributed by atoms with Crippen molar-refractivity contribution in [2.75, 3.05) is 0 Å². The van der Waals surface area contributed by atoms with E-state index in [4.69, 9.17) is 21.5 Å². The van der Waals surface area contributed by atoms with Gasteiger partial charge < -0.3 is 0 Å². The molecule has 5 heteroatoms. The number of nitrogens with zero attached hydrogens (tertiary/aromatic N) is 5. The lowest BCUT2D eigenvalue weighted by molar-refractivity contribution is 0.923. The van der Waals surface area contributed by atoms with Crippen molar-refractivity contribution in [3.8, 4) is 95.5 Å². The molecule has 0 bridgehead atoms. The molecule has 0 aliphatic rings. The first-order valence-electron chi connectivity index (χ1n) is 25.0. The zero-order valence-electron chi connectivity index (χ0n) is 40.7. The van der Waals surface area contributed by atoms with Gasteiger partial charge in [0.2, 0.25) is 0 Å². The van der Waals surface area contributed by atoms with Crippen LogP contribution in [0.25, 0.3) is 94.3 Å². The summed E-state index contributed by atoms with van der Waals surface area (Å²) in [6.07, 6.45) is 9.28. The average molecular weight is 948 g/mol. The molecule has 0 radical (unpaired) electrons. The van der Waals surface area contributed by atoms with Crippen LogP contribution in [0.3, 0.4) is 0 Å². The normalized spacial score (nSPS) is 10.9. The van der Waals surface area contributed by atoms with E-state index >= 15 is 0 Å². The Hall–Kier alpha value is -9.81. The highest BCUT2D eigenvalue weighted by atomic mass is 14.7. The van der Waals surface area contributed by atoms with Crippen molar-refractivity contribution in [1.29, 1.82) is 5.26 Å². The van der Waals surface area contributed by atoms with E-state index in [1.54, 1.807) is 0 Å². The molecule has 8 aromatic carbocycles. The maximum absolute atomic E-state index is 9.48. The second-order valence-electron chi connectivity index (χ2n) is 18.5. The Morgan fingerprint density at radius 2 is 0.824 bits per heavy atom. The van der Waals surface area contributed by atoms with Gasteiger partial charge in [0, 0.05) is 35.3 Å². The van der Waals surface area contributed by atoms with Gasteiger partial charge >= 0.3 is 0 Å².